The largest absolute Gasteiger partial charge is 0.302 e. The van der Waals surface area contributed by atoms with Crippen LogP contribution >= 0.6 is 23.1 Å². The van der Waals surface area contributed by atoms with E-state index in [1.807, 2.05) is 24.4 Å². The molecule has 0 radical (unpaired) electrons. The molecule has 1 unspecified atom stereocenters. The molecule has 0 fully saturated rings. The van der Waals surface area contributed by atoms with Gasteiger partial charge in [-0.2, -0.15) is 0 Å². The number of rotatable bonds is 8. The zero-order valence-corrected chi connectivity index (χ0v) is 17.1. The standard InChI is InChI=1S/C18H22N6OS2/c1-4-14(16(25)21-17-20-9-10-26-17)27-18-23-22-15(24(18)11-12(2)3)13-5-7-19-8-6-13/h5-10,12,14H,4,11H2,1-3H3,(H,20,21,25). The van der Waals surface area contributed by atoms with Gasteiger partial charge in [-0.3, -0.25) is 9.78 Å². The molecule has 3 heterocycles. The maximum absolute atomic E-state index is 12.6. The lowest BCUT2D eigenvalue weighted by molar-refractivity contribution is -0.115. The summed E-state index contributed by atoms with van der Waals surface area (Å²) in [5, 5.41) is 14.6. The van der Waals surface area contributed by atoms with E-state index in [-0.39, 0.29) is 11.2 Å². The zero-order chi connectivity index (χ0) is 19.2. The monoisotopic (exact) mass is 402 g/mol. The van der Waals surface area contributed by atoms with Gasteiger partial charge in [-0.05, 0) is 24.5 Å². The van der Waals surface area contributed by atoms with Gasteiger partial charge in [-0.25, -0.2) is 4.98 Å². The first kappa shape index (κ1) is 19.5. The second-order valence-corrected chi connectivity index (χ2v) is 8.45. The second kappa shape index (κ2) is 9.09. The number of pyridine rings is 1. The van der Waals surface area contributed by atoms with Crippen molar-refractivity contribution in [1.82, 2.24) is 24.7 Å². The summed E-state index contributed by atoms with van der Waals surface area (Å²) in [6.07, 6.45) is 5.84. The van der Waals surface area contributed by atoms with E-state index in [4.69, 9.17) is 0 Å². The third-order valence-corrected chi connectivity index (χ3v) is 5.81. The molecule has 0 aromatic carbocycles. The summed E-state index contributed by atoms with van der Waals surface area (Å²) in [6.45, 7) is 7.07. The Morgan fingerprint density at radius 3 is 2.67 bits per heavy atom. The molecule has 27 heavy (non-hydrogen) atoms. The Morgan fingerprint density at radius 2 is 2.04 bits per heavy atom. The molecule has 1 N–H and O–H groups in total. The number of carbonyl (C=O) groups excluding carboxylic acids is 1. The SMILES string of the molecule is CCC(Sc1nnc(-c2ccncc2)n1CC(C)C)C(=O)Nc1nccs1. The fourth-order valence-corrected chi connectivity index (χ4v) is 4.04. The Kier molecular flexibility index (Phi) is 6.57. The minimum atomic E-state index is -0.269. The number of hydrogen-bond donors (Lipinski definition) is 1. The van der Waals surface area contributed by atoms with Gasteiger partial charge in [-0.15, -0.1) is 21.5 Å². The van der Waals surface area contributed by atoms with Crippen LogP contribution in [-0.4, -0.2) is 35.9 Å². The summed E-state index contributed by atoms with van der Waals surface area (Å²) < 4.78 is 2.09. The molecule has 0 spiro atoms. The van der Waals surface area contributed by atoms with E-state index in [1.54, 1.807) is 18.6 Å². The summed E-state index contributed by atoms with van der Waals surface area (Å²) >= 11 is 2.85. The van der Waals surface area contributed by atoms with Gasteiger partial charge in [-0.1, -0.05) is 32.5 Å². The highest BCUT2D eigenvalue weighted by atomic mass is 32.2. The normalized spacial score (nSPS) is 12.3. The van der Waals surface area contributed by atoms with Gasteiger partial charge >= 0.3 is 0 Å². The van der Waals surface area contributed by atoms with Crippen LogP contribution in [0.4, 0.5) is 5.13 Å². The smallest absolute Gasteiger partial charge is 0.239 e. The quantitative estimate of drug-likeness (QED) is 0.574. The number of carbonyl (C=O) groups is 1. The number of amides is 1. The maximum atomic E-state index is 12.6. The number of thioether (sulfide) groups is 1. The van der Waals surface area contributed by atoms with Gasteiger partial charge in [0, 0.05) is 36.1 Å². The van der Waals surface area contributed by atoms with Crippen LogP contribution in [0.5, 0.6) is 0 Å². The first-order chi connectivity index (χ1) is 13.1. The summed E-state index contributed by atoms with van der Waals surface area (Å²) in [5.74, 6) is 1.15. The number of thiazole rings is 1. The van der Waals surface area contributed by atoms with Crippen molar-refractivity contribution in [2.45, 2.75) is 44.1 Å². The van der Waals surface area contributed by atoms with E-state index in [0.717, 1.165) is 23.1 Å². The van der Waals surface area contributed by atoms with Crippen molar-refractivity contribution in [3.05, 3.63) is 36.1 Å². The molecule has 142 valence electrons. The van der Waals surface area contributed by atoms with Gasteiger partial charge < -0.3 is 9.88 Å². The molecule has 0 aliphatic rings. The molecule has 3 aromatic rings. The number of anilines is 1. The first-order valence-corrected chi connectivity index (χ1v) is 10.5. The predicted octanol–water partition coefficient (Wildman–Crippen LogP) is 3.96. The molecule has 7 nitrogen and oxygen atoms in total. The van der Waals surface area contributed by atoms with E-state index < -0.39 is 0 Å². The summed E-state index contributed by atoms with van der Waals surface area (Å²) in [4.78, 5) is 20.8. The van der Waals surface area contributed by atoms with Crippen molar-refractivity contribution in [1.29, 1.82) is 0 Å². The Morgan fingerprint density at radius 1 is 1.26 bits per heavy atom. The molecule has 3 rings (SSSR count). The number of nitrogens with one attached hydrogen (secondary N) is 1. The lowest BCUT2D eigenvalue weighted by Gasteiger charge is -2.16. The minimum absolute atomic E-state index is 0.0676. The summed E-state index contributed by atoms with van der Waals surface area (Å²) in [5.41, 5.74) is 0.963. The van der Waals surface area contributed by atoms with Gasteiger partial charge in [0.1, 0.15) is 0 Å². The fourth-order valence-electron chi connectivity index (χ4n) is 2.54. The van der Waals surface area contributed by atoms with Crippen molar-refractivity contribution in [3.63, 3.8) is 0 Å². The molecule has 9 heteroatoms. The average Bonchev–Trinajstić information content (AvgIpc) is 3.30. The Bertz CT molecular complexity index is 863. The molecular formula is C18H22N6OS2. The highest BCUT2D eigenvalue weighted by Crippen LogP contribution is 2.29. The number of hydrogen-bond acceptors (Lipinski definition) is 7. The molecule has 3 aromatic heterocycles. The van der Waals surface area contributed by atoms with Gasteiger partial charge in [0.05, 0.1) is 5.25 Å². The minimum Gasteiger partial charge on any atom is -0.302 e. The lowest BCUT2D eigenvalue weighted by atomic mass is 10.2. The molecular weight excluding hydrogens is 380 g/mol. The van der Waals surface area contributed by atoms with E-state index in [0.29, 0.717) is 17.5 Å². The highest BCUT2D eigenvalue weighted by Gasteiger charge is 2.24. The van der Waals surface area contributed by atoms with Crippen LogP contribution < -0.4 is 5.32 Å². The molecule has 0 aliphatic carbocycles. The van der Waals surface area contributed by atoms with Crippen LogP contribution in [0.3, 0.4) is 0 Å². The Balaban J connectivity index is 1.84. The topological polar surface area (TPSA) is 85.6 Å². The molecule has 1 amide bonds. The van der Waals surface area contributed by atoms with Crippen molar-refractivity contribution < 1.29 is 4.79 Å². The first-order valence-electron chi connectivity index (χ1n) is 8.79. The number of nitrogens with zero attached hydrogens (tertiary/aromatic N) is 5. The summed E-state index contributed by atoms with van der Waals surface area (Å²) in [6, 6.07) is 3.84. The van der Waals surface area contributed by atoms with Gasteiger partial charge in [0.15, 0.2) is 16.1 Å². The highest BCUT2D eigenvalue weighted by molar-refractivity contribution is 8.00. The Hall–Kier alpha value is -2.26. The van der Waals surface area contributed by atoms with Crippen LogP contribution in [0.25, 0.3) is 11.4 Å². The number of aromatic nitrogens is 5. The third-order valence-electron chi connectivity index (χ3n) is 3.78. The molecule has 1 atom stereocenters. The zero-order valence-electron chi connectivity index (χ0n) is 15.5. The van der Waals surface area contributed by atoms with Crippen LogP contribution in [0.2, 0.25) is 0 Å². The van der Waals surface area contributed by atoms with Crippen molar-refractivity contribution >= 4 is 34.1 Å². The lowest BCUT2D eigenvalue weighted by Crippen LogP contribution is -2.25. The van der Waals surface area contributed by atoms with Crippen LogP contribution in [-0.2, 0) is 11.3 Å². The fraction of sp³-hybridized carbons (Fsp3) is 0.389. The third kappa shape index (κ3) is 4.92. The van der Waals surface area contributed by atoms with Crippen LogP contribution in [0, 0.1) is 5.92 Å². The summed E-state index contributed by atoms with van der Waals surface area (Å²) in [7, 11) is 0. The van der Waals surface area contributed by atoms with Crippen LogP contribution in [0.1, 0.15) is 27.2 Å². The molecule has 0 aliphatic heterocycles. The average molecular weight is 403 g/mol. The molecule has 0 saturated carbocycles. The van der Waals surface area contributed by atoms with Crippen molar-refractivity contribution in [2.75, 3.05) is 5.32 Å². The van der Waals surface area contributed by atoms with Gasteiger partial charge in [0.25, 0.3) is 0 Å². The maximum Gasteiger partial charge on any atom is 0.239 e. The van der Waals surface area contributed by atoms with Crippen LogP contribution in [0.15, 0.2) is 41.3 Å². The van der Waals surface area contributed by atoms with E-state index in [2.05, 4.69) is 43.9 Å². The van der Waals surface area contributed by atoms with Crippen molar-refractivity contribution in [3.8, 4) is 11.4 Å². The molecule has 0 saturated heterocycles. The van der Waals surface area contributed by atoms with E-state index in [1.165, 1.54) is 23.1 Å². The van der Waals surface area contributed by atoms with E-state index >= 15 is 0 Å². The molecule has 0 bridgehead atoms. The van der Waals surface area contributed by atoms with Gasteiger partial charge in [0.2, 0.25) is 5.91 Å². The second-order valence-electron chi connectivity index (χ2n) is 6.39. The predicted molar refractivity (Wildman–Crippen MR) is 109 cm³/mol. The van der Waals surface area contributed by atoms with E-state index in [9.17, 15) is 4.79 Å². The Labute approximate surface area is 166 Å². The van der Waals surface area contributed by atoms with Crippen molar-refractivity contribution in [2.24, 2.45) is 5.92 Å².